The number of amides is 3. The van der Waals surface area contributed by atoms with Gasteiger partial charge in [-0.15, -0.1) is 0 Å². The van der Waals surface area contributed by atoms with Gasteiger partial charge in [-0.1, -0.05) is 0 Å². The summed E-state index contributed by atoms with van der Waals surface area (Å²) in [5.41, 5.74) is 5.08. The molecule has 196 valence electrons. The number of nitrogens with one attached hydrogen (secondary N) is 1. The van der Waals surface area contributed by atoms with E-state index in [0.717, 1.165) is 40.3 Å². The number of aromatic nitrogens is 3. The predicted octanol–water partition coefficient (Wildman–Crippen LogP) is 4.39. The molecule has 10 heteroatoms. The van der Waals surface area contributed by atoms with Crippen molar-refractivity contribution in [2.45, 2.75) is 59.6 Å². The van der Waals surface area contributed by atoms with Crippen LogP contribution in [0.1, 0.15) is 44.5 Å². The highest BCUT2D eigenvalue weighted by Gasteiger charge is 2.34. The Hall–Kier alpha value is -3.82. The van der Waals surface area contributed by atoms with Gasteiger partial charge >= 0.3 is 12.1 Å². The van der Waals surface area contributed by atoms with E-state index in [4.69, 9.17) is 4.74 Å². The fraction of sp³-hybridized carbons (Fsp3) is 0.481. The van der Waals surface area contributed by atoms with Crippen LogP contribution in [0.15, 0.2) is 30.7 Å². The fourth-order valence-corrected chi connectivity index (χ4v) is 5.11. The maximum Gasteiger partial charge on any atom is 0.410 e. The third-order valence-electron chi connectivity index (χ3n) is 6.85. The first-order chi connectivity index (χ1) is 17.5. The van der Waals surface area contributed by atoms with Gasteiger partial charge in [-0.3, -0.25) is 4.90 Å². The summed E-state index contributed by atoms with van der Waals surface area (Å²) in [7, 11) is 0. The van der Waals surface area contributed by atoms with Gasteiger partial charge < -0.3 is 24.3 Å². The summed E-state index contributed by atoms with van der Waals surface area (Å²) in [6.07, 6.45) is 6.05. The van der Waals surface area contributed by atoms with Crippen molar-refractivity contribution in [1.29, 1.82) is 0 Å². The van der Waals surface area contributed by atoms with E-state index in [9.17, 15) is 9.59 Å². The number of nitrogens with zero attached hydrogens (tertiary/aromatic N) is 6. The molecule has 2 aliphatic heterocycles. The van der Waals surface area contributed by atoms with Crippen molar-refractivity contribution in [3.8, 4) is 0 Å². The summed E-state index contributed by atoms with van der Waals surface area (Å²) in [5, 5.41) is 3.06. The molecular weight excluding hydrogens is 470 g/mol. The molecule has 0 bridgehead atoms. The molecule has 0 aliphatic carbocycles. The van der Waals surface area contributed by atoms with Gasteiger partial charge in [0.2, 0.25) is 0 Å². The summed E-state index contributed by atoms with van der Waals surface area (Å²) >= 11 is 0. The molecule has 0 spiro atoms. The lowest BCUT2D eigenvalue weighted by Gasteiger charge is -2.41. The van der Waals surface area contributed by atoms with Crippen LogP contribution in [0.4, 0.5) is 26.8 Å². The first kappa shape index (κ1) is 24.9. The normalized spacial score (nSPS) is 17.8. The molecule has 1 N–H and O–H groups in total. The largest absolute Gasteiger partial charge is 0.444 e. The zero-order valence-electron chi connectivity index (χ0n) is 22.4. The number of anilines is 3. The second-order valence-corrected chi connectivity index (χ2v) is 11.0. The second kappa shape index (κ2) is 9.24. The highest BCUT2D eigenvalue weighted by atomic mass is 16.6. The topological polar surface area (TPSA) is 95.3 Å². The van der Waals surface area contributed by atoms with Gasteiger partial charge in [0.25, 0.3) is 0 Å². The average molecular weight is 506 g/mol. The Labute approximate surface area is 217 Å². The quantitative estimate of drug-likeness (QED) is 0.555. The van der Waals surface area contributed by atoms with Gasteiger partial charge in [-0.25, -0.2) is 19.6 Å². The van der Waals surface area contributed by atoms with Crippen molar-refractivity contribution in [3.05, 3.63) is 47.5 Å². The van der Waals surface area contributed by atoms with Crippen LogP contribution in [0.2, 0.25) is 0 Å². The SMILES string of the molecule is Cc1cn2cc(NC(=O)N3CCc4c(N5CCN(C(=O)OC(C)(C)C)[C@H](C)C5)ccnc43)c(C)cc2n1. The molecule has 37 heavy (non-hydrogen) atoms. The molecule has 0 aromatic carbocycles. The van der Waals surface area contributed by atoms with Crippen LogP contribution in [0.3, 0.4) is 0 Å². The van der Waals surface area contributed by atoms with Crippen molar-refractivity contribution >= 4 is 35.0 Å². The Morgan fingerprint density at radius 3 is 2.65 bits per heavy atom. The monoisotopic (exact) mass is 505 g/mol. The van der Waals surface area contributed by atoms with Gasteiger partial charge in [0.15, 0.2) is 0 Å². The van der Waals surface area contributed by atoms with Crippen LogP contribution in [0.25, 0.3) is 5.65 Å². The van der Waals surface area contributed by atoms with Crippen LogP contribution in [0, 0.1) is 13.8 Å². The van der Waals surface area contributed by atoms with Crippen molar-refractivity contribution < 1.29 is 14.3 Å². The molecule has 3 aromatic rings. The number of fused-ring (bicyclic) bond motifs is 2. The van der Waals surface area contributed by atoms with Crippen LogP contribution in [0.5, 0.6) is 0 Å². The van der Waals surface area contributed by atoms with Crippen molar-refractivity contribution in [3.63, 3.8) is 0 Å². The van der Waals surface area contributed by atoms with Gasteiger partial charge in [-0.05, 0) is 65.7 Å². The molecule has 10 nitrogen and oxygen atoms in total. The number of piperazine rings is 1. The van der Waals surface area contributed by atoms with E-state index in [-0.39, 0.29) is 18.2 Å². The Bertz CT molecular complexity index is 1360. The Kier molecular flexibility index (Phi) is 6.21. The Morgan fingerprint density at radius 2 is 1.92 bits per heavy atom. The summed E-state index contributed by atoms with van der Waals surface area (Å²) in [6, 6.07) is 3.77. The molecule has 3 aromatic heterocycles. The van der Waals surface area contributed by atoms with Gasteiger partial charge in [0.1, 0.15) is 17.1 Å². The van der Waals surface area contributed by atoms with E-state index in [1.807, 2.05) is 70.5 Å². The molecule has 0 saturated carbocycles. The lowest BCUT2D eigenvalue weighted by Crippen LogP contribution is -2.55. The fourth-order valence-electron chi connectivity index (χ4n) is 5.11. The van der Waals surface area contributed by atoms with Gasteiger partial charge in [-0.2, -0.15) is 0 Å². The molecule has 2 aliphatic rings. The van der Waals surface area contributed by atoms with E-state index in [0.29, 0.717) is 32.0 Å². The predicted molar refractivity (Wildman–Crippen MR) is 144 cm³/mol. The van der Waals surface area contributed by atoms with E-state index >= 15 is 0 Å². The molecule has 1 atom stereocenters. The van der Waals surface area contributed by atoms with Crippen LogP contribution < -0.4 is 15.1 Å². The van der Waals surface area contributed by atoms with Crippen molar-refractivity contribution in [1.82, 2.24) is 19.3 Å². The number of urea groups is 1. The van der Waals surface area contributed by atoms with E-state index in [2.05, 4.69) is 20.2 Å². The smallest absolute Gasteiger partial charge is 0.410 e. The number of hydrogen-bond donors (Lipinski definition) is 1. The van der Waals surface area contributed by atoms with Crippen molar-refractivity contribution in [2.75, 3.05) is 41.3 Å². The minimum Gasteiger partial charge on any atom is -0.444 e. The first-order valence-corrected chi connectivity index (χ1v) is 12.8. The van der Waals surface area contributed by atoms with E-state index in [1.54, 1.807) is 16.0 Å². The summed E-state index contributed by atoms with van der Waals surface area (Å²) < 4.78 is 7.51. The zero-order valence-corrected chi connectivity index (χ0v) is 22.4. The number of pyridine rings is 2. The number of carbonyl (C=O) groups is 2. The van der Waals surface area contributed by atoms with Crippen LogP contribution in [-0.4, -0.2) is 69.2 Å². The van der Waals surface area contributed by atoms with Crippen LogP contribution >= 0.6 is 0 Å². The molecule has 1 fully saturated rings. The van der Waals surface area contributed by atoms with Gasteiger partial charge in [0, 0.05) is 62.1 Å². The number of imidazole rings is 1. The summed E-state index contributed by atoms with van der Waals surface area (Å²) in [4.78, 5) is 40.8. The minimum atomic E-state index is -0.522. The molecule has 5 heterocycles. The first-order valence-electron chi connectivity index (χ1n) is 12.8. The number of aryl methyl sites for hydroxylation is 2. The van der Waals surface area contributed by atoms with E-state index in [1.165, 1.54) is 0 Å². The highest BCUT2D eigenvalue weighted by Crippen LogP contribution is 2.35. The maximum atomic E-state index is 13.3. The summed E-state index contributed by atoms with van der Waals surface area (Å²) in [5.74, 6) is 0.689. The van der Waals surface area contributed by atoms with Crippen molar-refractivity contribution in [2.24, 2.45) is 0 Å². The third kappa shape index (κ3) is 4.92. The number of ether oxygens (including phenoxy) is 1. The zero-order chi connectivity index (χ0) is 26.5. The number of hydrogen-bond acceptors (Lipinski definition) is 6. The molecule has 5 rings (SSSR count). The lowest BCUT2D eigenvalue weighted by molar-refractivity contribution is 0.0159. The standard InChI is InChI=1S/C27H35N7O3/c1-17-13-23-29-18(2)14-32(23)16-21(17)30-25(35)34-10-8-20-22(7-9-28-24(20)34)31-11-12-33(19(3)15-31)26(36)37-27(4,5)6/h7,9,13-14,16,19H,8,10-12,15H2,1-6H3,(H,30,35)/t19-/m1/s1. The minimum absolute atomic E-state index is 0.00192. The molecule has 1 saturated heterocycles. The third-order valence-corrected chi connectivity index (χ3v) is 6.85. The molecular formula is C27H35N7O3. The average Bonchev–Trinajstić information content (AvgIpc) is 3.40. The Morgan fingerprint density at radius 1 is 1.14 bits per heavy atom. The van der Waals surface area contributed by atoms with Crippen LogP contribution in [-0.2, 0) is 11.2 Å². The molecule has 0 unspecified atom stereocenters. The molecule has 0 radical (unpaired) electrons. The molecule has 3 amide bonds. The number of carbonyl (C=O) groups excluding carboxylic acids is 2. The van der Waals surface area contributed by atoms with E-state index < -0.39 is 5.60 Å². The number of rotatable bonds is 2. The highest BCUT2D eigenvalue weighted by molar-refractivity contribution is 6.03. The lowest BCUT2D eigenvalue weighted by atomic mass is 10.1. The second-order valence-electron chi connectivity index (χ2n) is 11.0. The summed E-state index contributed by atoms with van der Waals surface area (Å²) in [6.45, 7) is 14.1. The Balaban J connectivity index is 1.31. The maximum absolute atomic E-state index is 13.3. The van der Waals surface area contributed by atoms with Gasteiger partial charge in [0.05, 0.1) is 11.4 Å².